The smallest absolute Gasteiger partial charge is 0.271 e. The number of rotatable bonds is 6. The fourth-order valence-electron chi connectivity index (χ4n) is 2.12. The van der Waals surface area contributed by atoms with Crippen LogP contribution in [0.15, 0.2) is 80.1 Å². The molecule has 0 unspecified atom stereocenters. The van der Waals surface area contributed by atoms with Crippen molar-refractivity contribution in [1.29, 1.82) is 0 Å². The minimum atomic E-state index is -0.308. The second-order valence-electron chi connectivity index (χ2n) is 5.48. The number of anilines is 1. The van der Waals surface area contributed by atoms with Gasteiger partial charge in [0.1, 0.15) is 22.9 Å². The Morgan fingerprint density at radius 1 is 0.846 bits per heavy atom. The molecule has 0 saturated heterocycles. The average molecular weight is 350 g/mol. The van der Waals surface area contributed by atoms with Crippen LogP contribution in [0.4, 0.5) is 5.69 Å². The molecular weight excluding hydrogens is 332 g/mol. The van der Waals surface area contributed by atoms with Gasteiger partial charge in [-0.05, 0) is 62.4 Å². The van der Waals surface area contributed by atoms with E-state index in [4.69, 9.17) is 8.83 Å². The van der Waals surface area contributed by atoms with E-state index in [1.165, 1.54) is 0 Å². The van der Waals surface area contributed by atoms with E-state index in [0.717, 1.165) is 11.4 Å². The van der Waals surface area contributed by atoms with Gasteiger partial charge in [-0.3, -0.25) is 10.2 Å². The average Bonchev–Trinajstić information content (AvgIpc) is 3.38. The van der Waals surface area contributed by atoms with Crippen molar-refractivity contribution in [2.24, 2.45) is 10.2 Å². The molecule has 7 nitrogen and oxygen atoms in total. The van der Waals surface area contributed by atoms with E-state index in [1.54, 1.807) is 61.9 Å². The van der Waals surface area contributed by atoms with Gasteiger partial charge >= 0.3 is 0 Å². The van der Waals surface area contributed by atoms with Gasteiger partial charge in [0.2, 0.25) is 0 Å². The van der Waals surface area contributed by atoms with Crippen LogP contribution in [0.5, 0.6) is 0 Å². The largest absolute Gasteiger partial charge is 0.463 e. The lowest BCUT2D eigenvalue weighted by atomic mass is 10.2. The molecule has 2 N–H and O–H groups in total. The molecule has 0 fully saturated rings. The molecule has 0 radical (unpaired) electrons. The molecular formula is C19H18N4O3. The SMILES string of the molecule is CC(=NNC(=O)c1ccc(NN=C(C)c2ccco2)cc1)c1ccco1. The summed E-state index contributed by atoms with van der Waals surface area (Å²) in [6.07, 6.45) is 3.15. The van der Waals surface area contributed by atoms with Crippen LogP contribution in [-0.4, -0.2) is 17.3 Å². The molecule has 0 aliphatic heterocycles. The highest BCUT2D eigenvalue weighted by Crippen LogP contribution is 2.11. The summed E-state index contributed by atoms with van der Waals surface area (Å²) in [6.45, 7) is 3.60. The van der Waals surface area contributed by atoms with Crippen LogP contribution in [0.1, 0.15) is 35.7 Å². The van der Waals surface area contributed by atoms with Crippen molar-refractivity contribution in [2.45, 2.75) is 13.8 Å². The fraction of sp³-hybridized carbons (Fsp3) is 0.105. The molecule has 0 bridgehead atoms. The molecule has 0 saturated carbocycles. The monoisotopic (exact) mass is 350 g/mol. The summed E-state index contributed by atoms with van der Waals surface area (Å²) in [6, 6.07) is 14.1. The van der Waals surface area contributed by atoms with Gasteiger partial charge in [-0.2, -0.15) is 10.2 Å². The van der Waals surface area contributed by atoms with Crippen LogP contribution in [0, 0.1) is 0 Å². The van der Waals surface area contributed by atoms with Crippen molar-refractivity contribution in [1.82, 2.24) is 5.43 Å². The topological polar surface area (TPSA) is 92.1 Å². The molecule has 3 rings (SSSR count). The van der Waals surface area contributed by atoms with Crippen molar-refractivity contribution in [3.63, 3.8) is 0 Å². The number of nitrogens with zero attached hydrogens (tertiary/aromatic N) is 2. The summed E-state index contributed by atoms with van der Waals surface area (Å²) in [5.41, 5.74) is 7.97. The first-order valence-electron chi connectivity index (χ1n) is 7.96. The first-order chi connectivity index (χ1) is 12.6. The van der Waals surface area contributed by atoms with Crippen LogP contribution in [-0.2, 0) is 0 Å². The Morgan fingerprint density at radius 2 is 1.42 bits per heavy atom. The van der Waals surface area contributed by atoms with Crippen molar-refractivity contribution in [3.05, 3.63) is 78.1 Å². The molecule has 7 heteroatoms. The fourth-order valence-corrected chi connectivity index (χ4v) is 2.12. The highest BCUT2D eigenvalue weighted by molar-refractivity contribution is 5.99. The maximum Gasteiger partial charge on any atom is 0.271 e. The molecule has 0 aliphatic carbocycles. The Hall–Kier alpha value is -3.61. The summed E-state index contributed by atoms with van der Waals surface area (Å²) < 4.78 is 10.5. The van der Waals surface area contributed by atoms with Gasteiger partial charge in [-0.1, -0.05) is 0 Å². The van der Waals surface area contributed by atoms with Gasteiger partial charge in [0.05, 0.1) is 18.2 Å². The zero-order chi connectivity index (χ0) is 18.4. The summed E-state index contributed by atoms with van der Waals surface area (Å²) >= 11 is 0. The molecule has 132 valence electrons. The van der Waals surface area contributed by atoms with E-state index in [2.05, 4.69) is 21.1 Å². The Morgan fingerprint density at radius 3 is 1.96 bits per heavy atom. The van der Waals surface area contributed by atoms with Crippen molar-refractivity contribution >= 4 is 23.0 Å². The van der Waals surface area contributed by atoms with Gasteiger partial charge in [0, 0.05) is 5.56 Å². The molecule has 3 aromatic rings. The van der Waals surface area contributed by atoms with Gasteiger partial charge in [0.15, 0.2) is 0 Å². The molecule has 1 amide bonds. The first-order valence-corrected chi connectivity index (χ1v) is 7.96. The van der Waals surface area contributed by atoms with Crippen LogP contribution >= 0.6 is 0 Å². The van der Waals surface area contributed by atoms with E-state index in [1.807, 2.05) is 13.0 Å². The molecule has 2 aromatic heterocycles. The summed E-state index contributed by atoms with van der Waals surface area (Å²) in [5, 5.41) is 8.27. The Bertz CT molecular complexity index is 908. The standard InChI is InChI=1S/C19H18N4O3/c1-13(17-5-3-11-25-17)20-22-16-9-7-15(8-10-16)19(24)23-21-14(2)18-6-4-12-26-18/h3-12,22H,1-2H3,(H,23,24). The predicted molar refractivity (Wildman–Crippen MR) is 99.4 cm³/mol. The van der Waals surface area contributed by atoms with Crippen LogP contribution in [0.2, 0.25) is 0 Å². The third-order valence-electron chi connectivity index (χ3n) is 3.58. The van der Waals surface area contributed by atoms with E-state index in [-0.39, 0.29) is 5.91 Å². The van der Waals surface area contributed by atoms with Crippen molar-refractivity contribution in [2.75, 3.05) is 5.43 Å². The van der Waals surface area contributed by atoms with Crippen molar-refractivity contribution < 1.29 is 13.6 Å². The maximum atomic E-state index is 12.1. The maximum absolute atomic E-state index is 12.1. The Kier molecular flexibility index (Phi) is 5.28. The number of nitrogens with one attached hydrogen (secondary N) is 2. The van der Waals surface area contributed by atoms with Gasteiger partial charge in [-0.15, -0.1) is 0 Å². The molecule has 26 heavy (non-hydrogen) atoms. The lowest BCUT2D eigenvalue weighted by Crippen LogP contribution is -2.19. The molecule has 0 spiro atoms. The number of carbonyl (C=O) groups excluding carboxylic acids is 1. The number of benzene rings is 1. The van der Waals surface area contributed by atoms with E-state index >= 15 is 0 Å². The lowest BCUT2D eigenvalue weighted by molar-refractivity contribution is 0.0955. The van der Waals surface area contributed by atoms with E-state index in [0.29, 0.717) is 22.8 Å². The van der Waals surface area contributed by atoms with Crippen LogP contribution in [0.3, 0.4) is 0 Å². The minimum absolute atomic E-state index is 0.308. The molecule has 2 heterocycles. The minimum Gasteiger partial charge on any atom is -0.463 e. The number of carbonyl (C=O) groups is 1. The second-order valence-corrected chi connectivity index (χ2v) is 5.48. The second kappa shape index (κ2) is 7.98. The quantitative estimate of drug-likeness (QED) is 0.521. The summed E-state index contributed by atoms with van der Waals surface area (Å²) in [7, 11) is 0. The first kappa shape index (κ1) is 17.2. The van der Waals surface area contributed by atoms with Gasteiger partial charge < -0.3 is 8.83 Å². The van der Waals surface area contributed by atoms with Crippen LogP contribution < -0.4 is 10.9 Å². The van der Waals surface area contributed by atoms with E-state index in [9.17, 15) is 4.79 Å². The highest BCUT2D eigenvalue weighted by Gasteiger charge is 2.06. The zero-order valence-corrected chi connectivity index (χ0v) is 14.4. The van der Waals surface area contributed by atoms with Crippen molar-refractivity contribution in [3.8, 4) is 0 Å². The number of amides is 1. The number of hydrogen-bond donors (Lipinski definition) is 2. The number of hydrogen-bond acceptors (Lipinski definition) is 6. The number of furan rings is 2. The third kappa shape index (κ3) is 4.27. The molecule has 1 aromatic carbocycles. The summed E-state index contributed by atoms with van der Waals surface area (Å²) in [5.74, 6) is 0.991. The zero-order valence-electron chi connectivity index (χ0n) is 14.4. The Labute approximate surface area is 150 Å². The normalized spacial score (nSPS) is 12.1. The highest BCUT2D eigenvalue weighted by atomic mass is 16.3. The third-order valence-corrected chi connectivity index (χ3v) is 3.58. The van der Waals surface area contributed by atoms with Gasteiger partial charge in [0.25, 0.3) is 5.91 Å². The summed E-state index contributed by atoms with van der Waals surface area (Å²) in [4.78, 5) is 12.1. The Balaban J connectivity index is 1.59. The molecule has 0 aliphatic rings. The predicted octanol–water partition coefficient (Wildman–Crippen LogP) is 3.86. The van der Waals surface area contributed by atoms with Crippen LogP contribution in [0.25, 0.3) is 0 Å². The number of hydrazone groups is 2. The van der Waals surface area contributed by atoms with Gasteiger partial charge in [-0.25, -0.2) is 5.43 Å². The van der Waals surface area contributed by atoms with E-state index < -0.39 is 0 Å². The lowest BCUT2D eigenvalue weighted by Gasteiger charge is -2.04. The molecule has 0 atom stereocenters.